The van der Waals surface area contributed by atoms with Gasteiger partial charge in [0.2, 0.25) is 0 Å². The lowest BCUT2D eigenvalue weighted by Crippen LogP contribution is -2.52. The van der Waals surface area contributed by atoms with Gasteiger partial charge in [-0.2, -0.15) is 0 Å². The zero-order valence-corrected chi connectivity index (χ0v) is 10.6. The molecule has 0 aromatic heterocycles. The lowest BCUT2D eigenvalue weighted by Gasteiger charge is -2.45. The van der Waals surface area contributed by atoms with Gasteiger partial charge in [-0.15, -0.1) is 0 Å². The van der Waals surface area contributed by atoms with Crippen LogP contribution < -0.4 is 0 Å². The Kier molecular flexibility index (Phi) is 3.97. The monoisotopic (exact) mass is 230 g/mol. The van der Waals surface area contributed by atoms with Crippen molar-refractivity contribution in [1.29, 1.82) is 0 Å². The van der Waals surface area contributed by atoms with Crippen LogP contribution >= 0.6 is 0 Å². The van der Waals surface area contributed by atoms with Crippen molar-refractivity contribution < 1.29 is 19.4 Å². The molecule has 1 saturated heterocycles. The molecule has 94 valence electrons. The van der Waals surface area contributed by atoms with Crippen LogP contribution in [0, 0.1) is 5.92 Å². The topological polar surface area (TPSA) is 55.8 Å². The molecule has 3 unspecified atom stereocenters. The summed E-state index contributed by atoms with van der Waals surface area (Å²) in [5, 5.41) is 10.5. The summed E-state index contributed by atoms with van der Waals surface area (Å²) in [6.45, 7) is 6.20. The summed E-state index contributed by atoms with van der Waals surface area (Å²) in [6, 6.07) is 0. The predicted octanol–water partition coefficient (Wildman–Crippen LogP) is 1.51. The Labute approximate surface area is 96.9 Å². The minimum atomic E-state index is -1.00. The fourth-order valence-electron chi connectivity index (χ4n) is 2.25. The van der Waals surface area contributed by atoms with Crippen molar-refractivity contribution in [3.05, 3.63) is 0 Å². The van der Waals surface area contributed by atoms with Gasteiger partial charge in [0.1, 0.15) is 0 Å². The van der Waals surface area contributed by atoms with E-state index in [-0.39, 0.29) is 11.6 Å². The summed E-state index contributed by atoms with van der Waals surface area (Å²) in [4.78, 5) is 11.5. The number of carbonyl (C=O) groups is 1. The minimum absolute atomic E-state index is 0.338. The number of carbonyl (C=O) groups excluding carboxylic acids is 1. The van der Waals surface area contributed by atoms with Gasteiger partial charge in [-0.3, -0.25) is 4.79 Å². The van der Waals surface area contributed by atoms with Crippen molar-refractivity contribution in [2.75, 3.05) is 13.7 Å². The third-order valence-corrected chi connectivity index (χ3v) is 3.77. The van der Waals surface area contributed by atoms with Gasteiger partial charge < -0.3 is 14.6 Å². The molecule has 1 rings (SSSR count). The molecule has 16 heavy (non-hydrogen) atoms. The van der Waals surface area contributed by atoms with Gasteiger partial charge in [-0.05, 0) is 20.3 Å². The van der Waals surface area contributed by atoms with E-state index in [9.17, 15) is 9.90 Å². The number of ether oxygens (including phenoxy) is 2. The van der Waals surface area contributed by atoms with E-state index in [1.54, 1.807) is 6.92 Å². The first kappa shape index (κ1) is 13.5. The number of rotatable bonds is 3. The Morgan fingerprint density at radius 1 is 1.62 bits per heavy atom. The largest absolute Gasteiger partial charge is 0.469 e. The Bertz CT molecular complexity index is 266. The molecule has 0 saturated carbocycles. The fraction of sp³-hybridized carbons (Fsp3) is 0.917. The molecule has 1 fully saturated rings. The second kappa shape index (κ2) is 4.72. The Morgan fingerprint density at radius 3 is 2.75 bits per heavy atom. The third-order valence-electron chi connectivity index (χ3n) is 3.77. The summed E-state index contributed by atoms with van der Waals surface area (Å²) in [6.07, 6.45) is 1.79. The van der Waals surface area contributed by atoms with Crippen molar-refractivity contribution in [2.45, 2.75) is 51.2 Å². The van der Waals surface area contributed by atoms with E-state index in [4.69, 9.17) is 9.47 Å². The summed E-state index contributed by atoms with van der Waals surface area (Å²) >= 11 is 0. The fourth-order valence-corrected chi connectivity index (χ4v) is 2.25. The Hall–Kier alpha value is -0.610. The Morgan fingerprint density at radius 2 is 2.25 bits per heavy atom. The molecule has 0 amide bonds. The number of esters is 1. The first-order valence-corrected chi connectivity index (χ1v) is 5.81. The quantitative estimate of drug-likeness (QED) is 0.747. The summed E-state index contributed by atoms with van der Waals surface area (Å²) in [7, 11) is 1.35. The standard InChI is InChI=1S/C12H22O4/c1-5-11(3)8-12(14,6-7-16-11)9(2)10(13)15-4/h9,14H,5-8H2,1-4H3. The summed E-state index contributed by atoms with van der Waals surface area (Å²) in [5.74, 6) is -0.866. The van der Waals surface area contributed by atoms with Crippen LogP contribution in [-0.2, 0) is 14.3 Å². The smallest absolute Gasteiger partial charge is 0.311 e. The van der Waals surface area contributed by atoms with Crippen LogP contribution in [0.25, 0.3) is 0 Å². The van der Waals surface area contributed by atoms with Crippen LogP contribution in [0.2, 0.25) is 0 Å². The average Bonchev–Trinajstić information content (AvgIpc) is 2.27. The molecule has 0 bridgehead atoms. The van der Waals surface area contributed by atoms with Crippen LogP contribution in [-0.4, -0.2) is 36.0 Å². The maximum Gasteiger partial charge on any atom is 0.311 e. The molecular weight excluding hydrogens is 208 g/mol. The number of methoxy groups -OCH3 is 1. The highest BCUT2D eigenvalue weighted by molar-refractivity contribution is 5.73. The maximum atomic E-state index is 11.5. The molecule has 1 aliphatic rings. The van der Waals surface area contributed by atoms with E-state index in [1.165, 1.54) is 7.11 Å². The highest BCUT2D eigenvalue weighted by atomic mass is 16.5. The number of aliphatic hydroxyl groups is 1. The molecule has 3 atom stereocenters. The average molecular weight is 230 g/mol. The molecule has 1 aliphatic heterocycles. The molecule has 0 aliphatic carbocycles. The number of hydrogen-bond acceptors (Lipinski definition) is 4. The van der Waals surface area contributed by atoms with Crippen LogP contribution in [0.15, 0.2) is 0 Å². The van der Waals surface area contributed by atoms with Crippen LogP contribution in [0.1, 0.15) is 40.0 Å². The third kappa shape index (κ3) is 2.55. The molecule has 0 radical (unpaired) electrons. The maximum absolute atomic E-state index is 11.5. The first-order valence-electron chi connectivity index (χ1n) is 5.81. The first-order chi connectivity index (χ1) is 7.37. The molecule has 4 heteroatoms. The van der Waals surface area contributed by atoms with Crippen molar-refractivity contribution >= 4 is 5.97 Å². The van der Waals surface area contributed by atoms with E-state index >= 15 is 0 Å². The van der Waals surface area contributed by atoms with Crippen molar-refractivity contribution in [1.82, 2.24) is 0 Å². The Balaban J connectivity index is 2.80. The number of hydrogen-bond donors (Lipinski definition) is 1. The van der Waals surface area contributed by atoms with E-state index in [0.29, 0.717) is 19.4 Å². The van der Waals surface area contributed by atoms with Crippen LogP contribution in [0.5, 0.6) is 0 Å². The van der Waals surface area contributed by atoms with Gasteiger partial charge in [-0.1, -0.05) is 6.92 Å². The molecule has 4 nitrogen and oxygen atoms in total. The van der Waals surface area contributed by atoms with E-state index < -0.39 is 11.5 Å². The molecule has 0 spiro atoms. The van der Waals surface area contributed by atoms with Crippen LogP contribution in [0.3, 0.4) is 0 Å². The highest BCUT2D eigenvalue weighted by Crippen LogP contribution is 2.39. The second-order valence-corrected chi connectivity index (χ2v) is 4.93. The van der Waals surface area contributed by atoms with Crippen LogP contribution in [0.4, 0.5) is 0 Å². The van der Waals surface area contributed by atoms with Gasteiger partial charge in [0, 0.05) is 12.8 Å². The molecule has 0 aromatic rings. The molecule has 1 heterocycles. The zero-order chi connectivity index (χ0) is 12.4. The van der Waals surface area contributed by atoms with Gasteiger partial charge in [0.25, 0.3) is 0 Å². The molecular formula is C12H22O4. The van der Waals surface area contributed by atoms with Crippen molar-refractivity contribution in [3.8, 4) is 0 Å². The second-order valence-electron chi connectivity index (χ2n) is 4.93. The van der Waals surface area contributed by atoms with Gasteiger partial charge in [0.05, 0.1) is 30.8 Å². The zero-order valence-electron chi connectivity index (χ0n) is 10.6. The minimum Gasteiger partial charge on any atom is -0.469 e. The summed E-state index contributed by atoms with van der Waals surface area (Å²) in [5.41, 5.74) is -1.34. The lowest BCUT2D eigenvalue weighted by atomic mass is 9.75. The lowest BCUT2D eigenvalue weighted by molar-refractivity contribution is -0.186. The SMILES string of the molecule is CCC1(C)CC(O)(C(C)C(=O)OC)CCO1. The van der Waals surface area contributed by atoms with Crippen molar-refractivity contribution in [2.24, 2.45) is 5.92 Å². The molecule has 0 aromatic carbocycles. The van der Waals surface area contributed by atoms with E-state index in [1.807, 2.05) is 13.8 Å². The van der Waals surface area contributed by atoms with Crippen molar-refractivity contribution in [3.63, 3.8) is 0 Å². The van der Waals surface area contributed by atoms with Gasteiger partial charge in [0.15, 0.2) is 0 Å². The predicted molar refractivity (Wildman–Crippen MR) is 60.0 cm³/mol. The normalized spacial score (nSPS) is 36.8. The highest BCUT2D eigenvalue weighted by Gasteiger charge is 2.47. The van der Waals surface area contributed by atoms with Gasteiger partial charge in [-0.25, -0.2) is 0 Å². The molecule has 1 N–H and O–H groups in total. The van der Waals surface area contributed by atoms with Gasteiger partial charge >= 0.3 is 5.97 Å². The van der Waals surface area contributed by atoms with E-state index in [0.717, 1.165) is 6.42 Å². The summed E-state index contributed by atoms with van der Waals surface area (Å²) < 4.78 is 10.4. The van der Waals surface area contributed by atoms with E-state index in [2.05, 4.69) is 0 Å².